The second-order valence-electron chi connectivity index (χ2n) is 3.24. The van der Waals surface area contributed by atoms with Gasteiger partial charge in [0.15, 0.2) is 0 Å². The van der Waals surface area contributed by atoms with Gasteiger partial charge in [0.25, 0.3) is 0 Å². The molecule has 3 nitrogen and oxygen atoms in total. The van der Waals surface area contributed by atoms with Gasteiger partial charge in [-0.25, -0.2) is 4.68 Å². The van der Waals surface area contributed by atoms with Crippen molar-refractivity contribution < 1.29 is 0 Å². The van der Waals surface area contributed by atoms with Crippen molar-refractivity contribution >= 4 is 15.9 Å². The summed E-state index contributed by atoms with van der Waals surface area (Å²) in [5, 5.41) is 7.42. The van der Waals surface area contributed by atoms with E-state index < -0.39 is 0 Å². The lowest BCUT2D eigenvalue weighted by atomic mass is 10.3. The molecule has 4 heteroatoms. The average Bonchev–Trinajstić information content (AvgIpc) is 2.66. The van der Waals surface area contributed by atoms with E-state index in [-0.39, 0.29) is 0 Å². The molecule has 15 heavy (non-hydrogen) atoms. The third-order valence-corrected chi connectivity index (χ3v) is 2.63. The molecule has 0 saturated carbocycles. The molecule has 0 radical (unpaired) electrons. The molecule has 78 valence electrons. The Kier molecular flexibility index (Phi) is 3.18. The quantitative estimate of drug-likeness (QED) is 0.924. The van der Waals surface area contributed by atoms with Gasteiger partial charge in [0.1, 0.15) is 0 Å². The van der Waals surface area contributed by atoms with E-state index >= 15 is 0 Å². The van der Waals surface area contributed by atoms with Gasteiger partial charge in [-0.15, -0.1) is 0 Å². The maximum Gasteiger partial charge on any atom is 0.0660 e. The molecule has 1 aromatic carbocycles. The summed E-state index contributed by atoms with van der Waals surface area (Å²) >= 11 is 3.45. The molecule has 0 atom stereocenters. The molecule has 0 unspecified atom stereocenters. The van der Waals surface area contributed by atoms with Gasteiger partial charge in [0.2, 0.25) is 0 Å². The highest BCUT2D eigenvalue weighted by molar-refractivity contribution is 9.10. The van der Waals surface area contributed by atoms with E-state index in [2.05, 4.69) is 26.3 Å². The molecular weight excluding hydrogens is 254 g/mol. The molecule has 0 bridgehead atoms. The highest BCUT2D eigenvalue weighted by Crippen LogP contribution is 2.16. The van der Waals surface area contributed by atoms with Gasteiger partial charge in [0.05, 0.1) is 11.4 Å². The number of rotatable bonds is 3. The van der Waals surface area contributed by atoms with Gasteiger partial charge in [-0.3, -0.25) is 0 Å². The summed E-state index contributed by atoms with van der Waals surface area (Å²) in [6, 6.07) is 10.1. The second-order valence-corrected chi connectivity index (χ2v) is 4.16. The van der Waals surface area contributed by atoms with Gasteiger partial charge in [-0.05, 0) is 31.3 Å². The third-order valence-electron chi connectivity index (χ3n) is 2.13. The molecule has 0 aliphatic carbocycles. The van der Waals surface area contributed by atoms with E-state index in [0.717, 1.165) is 22.4 Å². The number of halogens is 1. The van der Waals surface area contributed by atoms with Crippen molar-refractivity contribution in [1.82, 2.24) is 15.1 Å². The van der Waals surface area contributed by atoms with Gasteiger partial charge in [-0.1, -0.05) is 22.0 Å². The van der Waals surface area contributed by atoms with Crippen molar-refractivity contribution in [1.29, 1.82) is 0 Å². The Morgan fingerprint density at radius 3 is 3.00 bits per heavy atom. The van der Waals surface area contributed by atoms with Crippen LogP contribution >= 0.6 is 15.9 Å². The highest BCUT2D eigenvalue weighted by Gasteiger charge is 2.03. The SMILES string of the molecule is CNCc1ccnn1-c1cccc(Br)c1. The Balaban J connectivity index is 2.40. The Morgan fingerprint density at radius 2 is 2.27 bits per heavy atom. The van der Waals surface area contributed by atoms with Crippen LogP contribution in [0.4, 0.5) is 0 Å². The van der Waals surface area contributed by atoms with Crippen LogP contribution in [0.3, 0.4) is 0 Å². The first-order valence-electron chi connectivity index (χ1n) is 4.74. The molecular formula is C11H12BrN3. The Hall–Kier alpha value is -1.13. The van der Waals surface area contributed by atoms with Crippen molar-refractivity contribution in [3.8, 4) is 5.69 Å². The van der Waals surface area contributed by atoms with Crippen molar-refractivity contribution in [2.75, 3.05) is 7.05 Å². The Morgan fingerprint density at radius 1 is 1.40 bits per heavy atom. The summed E-state index contributed by atoms with van der Waals surface area (Å²) in [6.07, 6.45) is 1.81. The van der Waals surface area contributed by atoms with Crippen molar-refractivity contribution in [3.63, 3.8) is 0 Å². The molecule has 0 spiro atoms. The van der Waals surface area contributed by atoms with E-state index in [9.17, 15) is 0 Å². The predicted octanol–water partition coefficient (Wildman–Crippen LogP) is 2.35. The second kappa shape index (κ2) is 4.59. The maximum atomic E-state index is 4.30. The van der Waals surface area contributed by atoms with E-state index in [4.69, 9.17) is 0 Å². The van der Waals surface area contributed by atoms with Crippen molar-refractivity contribution in [2.45, 2.75) is 6.54 Å². The van der Waals surface area contributed by atoms with Crippen LogP contribution in [0.1, 0.15) is 5.69 Å². The number of benzene rings is 1. The van der Waals surface area contributed by atoms with Crippen LogP contribution in [0, 0.1) is 0 Å². The van der Waals surface area contributed by atoms with Crippen LogP contribution in [0.2, 0.25) is 0 Å². The molecule has 1 heterocycles. The lowest BCUT2D eigenvalue weighted by molar-refractivity contribution is 0.729. The highest BCUT2D eigenvalue weighted by atomic mass is 79.9. The minimum atomic E-state index is 0.812. The fraction of sp³-hybridized carbons (Fsp3) is 0.182. The first-order chi connectivity index (χ1) is 7.31. The van der Waals surface area contributed by atoms with Crippen molar-refractivity contribution in [2.24, 2.45) is 0 Å². The van der Waals surface area contributed by atoms with Crippen molar-refractivity contribution in [3.05, 3.63) is 46.7 Å². The Labute approximate surface area is 97.2 Å². The summed E-state index contributed by atoms with van der Waals surface area (Å²) in [7, 11) is 1.93. The first-order valence-corrected chi connectivity index (χ1v) is 5.54. The zero-order valence-corrected chi connectivity index (χ0v) is 10.0. The topological polar surface area (TPSA) is 29.9 Å². The number of aromatic nitrogens is 2. The molecule has 0 aliphatic rings. The average molecular weight is 266 g/mol. The fourth-order valence-corrected chi connectivity index (χ4v) is 1.87. The predicted molar refractivity (Wildman–Crippen MR) is 64.0 cm³/mol. The van der Waals surface area contributed by atoms with E-state index in [0.29, 0.717) is 0 Å². The summed E-state index contributed by atoms with van der Waals surface area (Å²) in [6.45, 7) is 0.812. The minimum absolute atomic E-state index is 0.812. The zero-order chi connectivity index (χ0) is 10.7. The lowest BCUT2D eigenvalue weighted by Gasteiger charge is -2.07. The van der Waals surface area contributed by atoms with Crippen LogP contribution < -0.4 is 5.32 Å². The normalized spacial score (nSPS) is 10.5. The molecule has 2 rings (SSSR count). The summed E-state index contributed by atoms with van der Waals surface area (Å²) in [5.74, 6) is 0. The molecule has 2 aromatic rings. The monoisotopic (exact) mass is 265 g/mol. The first kappa shape index (κ1) is 10.4. The Bertz CT molecular complexity index is 451. The summed E-state index contributed by atoms with van der Waals surface area (Å²) in [4.78, 5) is 0. The van der Waals surface area contributed by atoms with Crippen LogP contribution in [0.15, 0.2) is 41.0 Å². The molecule has 0 saturated heterocycles. The number of hydrogen-bond acceptors (Lipinski definition) is 2. The third kappa shape index (κ3) is 2.27. The van der Waals surface area contributed by atoms with E-state index in [1.165, 1.54) is 0 Å². The fourth-order valence-electron chi connectivity index (χ4n) is 1.49. The lowest BCUT2D eigenvalue weighted by Crippen LogP contribution is -2.10. The van der Waals surface area contributed by atoms with E-state index in [1.54, 1.807) is 0 Å². The number of nitrogens with zero attached hydrogens (tertiary/aromatic N) is 2. The van der Waals surface area contributed by atoms with Crippen LogP contribution in [-0.4, -0.2) is 16.8 Å². The molecule has 0 aliphatic heterocycles. The van der Waals surface area contributed by atoms with Gasteiger partial charge in [-0.2, -0.15) is 5.10 Å². The van der Waals surface area contributed by atoms with E-state index in [1.807, 2.05) is 48.3 Å². The van der Waals surface area contributed by atoms with Crippen LogP contribution in [-0.2, 0) is 6.54 Å². The van der Waals surface area contributed by atoms with Gasteiger partial charge >= 0.3 is 0 Å². The van der Waals surface area contributed by atoms with Crippen LogP contribution in [0.25, 0.3) is 5.69 Å². The molecule has 0 amide bonds. The molecule has 1 aromatic heterocycles. The minimum Gasteiger partial charge on any atom is -0.314 e. The summed E-state index contributed by atoms with van der Waals surface area (Å²) < 4.78 is 2.99. The van der Waals surface area contributed by atoms with Gasteiger partial charge in [0, 0.05) is 17.2 Å². The number of nitrogens with one attached hydrogen (secondary N) is 1. The van der Waals surface area contributed by atoms with Crippen LogP contribution in [0.5, 0.6) is 0 Å². The smallest absolute Gasteiger partial charge is 0.0660 e. The number of hydrogen-bond donors (Lipinski definition) is 1. The summed E-state index contributed by atoms with van der Waals surface area (Å²) in [5.41, 5.74) is 2.22. The largest absolute Gasteiger partial charge is 0.314 e. The molecule has 0 fully saturated rings. The zero-order valence-electron chi connectivity index (χ0n) is 8.44. The van der Waals surface area contributed by atoms with Gasteiger partial charge < -0.3 is 5.32 Å². The maximum absolute atomic E-state index is 4.30. The molecule has 1 N–H and O–H groups in total. The standard InChI is InChI=1S/C11H12BrN3/c1-13-8-11-5-6-14-15(11)10-4-2-3-9(12)7-10/h2-7,13H,8H2,1H3.